The molecule has 7 heteroatoms. The van der Waals surface area contributed by atoms with Crippen LogP contribution < -0.4 is 0 Å². The highest BCUT2D eigenvalue weighted by Crippen LogP contribution is 2.30. The fraction of sp³-hybridized carbons (Fsp3) is 0.450. The molecule has 1 aromatic heterocycles. The van der Waals surface area contributed by atoms with Gasteiger partial charge in [0.15, 0.2) is 0 Å². The number of ether oxygens (including phenoxy) is 1. The Morgan fingerprint density at radius 2 is 1.96 bits per heavy atom. The van der Waals surface area contributed by atoms with Crippen LogP contribution in [0.1, 0.15) is 41.4 Å². The monoisotopic (exact) mass is 371 g/mol. The van der Waals surface area contributed by atoms with Gasteiger partial charge in [0.05, 0.1) is 37.9 Å². The Balaban J connectivity index is 1.84. The number of rotatable bonds is 6. The minimum atomic E-state index is -0.962. The maximum atomic E-state index is 12.6. The van der Waals surface area contributed by atoms with E-state index in [4.69, 9.17) is 9.84 Å². The van der Waals surface area contributed by atoms with Crippen LogP contribution in [0.2, 0.25) is 0 Å². The van der Waals surface area contributed by atoms with E-state index in [2.05, 4.69) is 17.2 Å². The fourth-order valence-electron chi connectivity index (χ4n) is 3.60. The standard InChI is InChI=1S/C20H25N3O4/c1-14-20(15(2)23(21-14)12-16-6-4-3-5-7-16)17-13-27-11-10-22(17)18(24)8-9-19(25)26/h3-7,17H,8-13H2,1-2H3,(H,25,26). The average molecular weight is 371 g/mol. The number of carbonyl (C=O) groups excluding carboxylic acids is 1. The molecule has 7 nitrogen and oxygen atoms in total. The predicted octanol–water partition coefficient (Wildman–Crippen LogP) is 2.31. The smallest absolute Gasteiger partial charge is 0.303 e. The summed E-state index contributed by atoms with van der Waals surface area (Å²) in [6.45, 7) is 5.94. The molecule has 2 heterocycles. The zero-order valence-electron chi connectivity index (χ0n) is 15.7. The molecule has 1 atom stereocenters. The molecular formula is C20H25N3O4. The van der Waals surface area contributed by atoms with Crippen molar-refractivity contribution >= 4 is 11.9 Å². The first-order valence-electron chi connectivity index (χ1n) is 9.14. The average Bonchev–Trinajstić information content (AvgIpc) is 2.93. The third kappa shape index (κ3) is 4.36. The molecule has 0 bridgehead atoms. The van der Waals surface area contributed by atoms with E-state index >= 15 is 0 Å². The number of aryl methyl sites for hydroxylation is 1. The second-order valence-electron chi connectivity index (χ2n) is 6.80. The SMILES string of the molecule is Cc1nn(Cc2ccccc2)c(C)c1C1COCCN1C(=O)CCC(=O)O. The first kappa shape index (κ1) is 19.1. The number of amides is 1. The van der Waals surface area contributed by atoms with Crippen molar-refractivity contribution in [3.05, 3.63) is 52.8 Å². The van der Waals surface area contributed by atoms with Crippen LogP contribution in [-0.4, -0.2) is 51.4 Å². The summed E-state index contributed by atoms with van der Waals surface area (Å²) < 4.78 is 7.59. The van der Waals surface area contributed by atoms with Gasteiger partial charge in [-0.2, -0.15) is 5.10 Å². The largest absolute Gasteiger partial charge is 0.481 e. The van der Waals surface area contributed by atoms with E-state index in [1.165, 1.54) is 0 Å². The minimum Gasteiger partial charge on any atom is -0.481 e. The van der Waals surface area contributed by atoms with Crippen LogP contribution in [0, 0.1) is 13.8 Å². The maximum absolute atomic E-state index is 12.6. The molecule has 27 heavy (non-hydrogen) atoms. The second kappa shape index (κ2) is 8.35. The summed E-state index contributed by atoms with van der Waals surface area (Å²) >= 11 is 0. The van der Waals surface area contributed by atoms with Crippen LogP contribution in [0.15, 0.2) is 30.3 Å². The molecule has 0 spiro atoms. The van der Waals surface area contributed by atoms with Crippen LogP contribution in [0.25, 0.3) is 0 Å². The normalized spacial score (nSPS) is 17.1. The number of nitrogens with zero attached hydrogens (tertiary/aromatic N) is 3. The van der Waals surface area contributed by atoms with Crippen molar-refractivity contribution in [2.75, 3.05) is 19.8 Å². The highest BCUT2D eigenvalue weighted by Gasteiger charge is 2.32. The maximum Gasteiger partial charge on any atom is 0.303 e. The Bertz CT molecular complexity index is 816. The Morgan fingerprint density at radius 1 is 1.22 bits per heavy atom. The first-order chi connectivity index (χ1) is 13.0. The number of carboxylic acids is 1. The van der Waals surface area contributed by atoms with Crippen LogP contribution in [0.4, 0.5) is 0 Å². The predicted molar refractivity (Wildman–Crippen MR) is 99.4 cm³/mol. The van der Waals surface area contributed by atoms with Gasteiger partial charge in [0, 0.05) is 24.2 Å². The van der Waals surface area contributed by atoms with Crippen LogP contribution >= 0.6 is 0 Å². The number of hydrogen-bond acceptors (Lipinski definition) is 4. The van der Waals surface area contributed by atoms with Crippen LogP contribution in [-0.2, 0) is 20.9 Å². The lowest BCUT2D eigenvalue weighted by Gasteiger charge is -2.36. The topological polar surface area (TPSA) is 84.7 Å². The molecule has 1 aliphatic heterocycles. The van der Waals surface area contributed by atoms with Crippen molar-refractivity contribution in [1.82, 2.24) is 14.7 Å². The molecular weight excluding hydrogens is 346 g/mol. The molecule has 1 amide bonds. The lowest BCUT2D eigenvalue weighted by Crippen LogP contribution is -2.43. The summed E-state index contributed by atoms with van der Waals surface area (Å²) in [5.41, 5.74) is 4.02. The summed E-state index contributed by atoms with van der Waals surface area (Å²) in [5, 5.41) is 13.5. The fourth-order valence-corrected chi connectivity index (χ4v) is 3.60. The van der Waals surface area contributed by atoms with Crippen molar-refractivity contribution in [1.29, 1.82) is 0 Å². The van der Waals surface area contributed by atoms with Gasteiger partial charge in [-0.05, 0) is 19.4 Å². The van der Waals surface area contributed by atoms with Crippen molar-refractivity contribution in [3.8, 4) is 0 Å². The Morgan fingerprint density at radius 3 is 2.67 bits per heavy atom. The van der Waals surface area contributed by atoms with E-state index in [0.717, 1.165) is 22.5 Å². The van der Waals surface area contributed by atoms with Gasteiger partial charge in [-0.25, -0.2) is 0 Å². The number of hydrogen-bond donors (Lipinski definition) is 1. The van der Waals surface area contributed by atoms with Gasteiger partial charge in [-0.15, -0.1) is 0 Å². The molecule has 144 valence electrons. The molecule has 0 saturated carbocycles. The second-order valence-corrected chi connectivity index (χ2v) is 6.80. The van der Waals surface area contributed by atoms with E-state index < -0.39 is 5.97 Å². The zero-order chi connectivity index (χ0) is 19.4. The summed E-state index contributed by atoms with van der Waals surface area (Å²) in [4.78, 5) is 25.1. The van der Waals surface area contributed by atoms with Gasteiger partial charge in [0.25, 0.3) is 0 Å². The van der Waals surface area contributed by atoms with E-state index in [9.17, 15) is 9.59 Å². The van der Waals surface area contributed by atoms with Crippen molar-refractivity contribution in [2.45, 2.75) is 39.3 Å². The molecule has 3 rings (SSSR count). The molecule has 0 radical (unpaired) electrons. The number of benzene rings is 1. The quantitative estimate of drug-likeness (QED) is 0.842. The molecule has 2 aromatic rings. The first-order valence-corrected chi connectivity index (χ1v) is 9.14. The lowest BCUT2D eigenvalue weighted by molar-refractivity contribution is -0.145. The molecule has 1 unspecified atom stereocenters. The van der Waals surface area contributed by atoms with Gasteiger partial charge >= 0.3 is 5.97 Å². The van der Waals surface area contributed by atoms with Crippen molar-refractivity contribution in [3.63, 3.8) is 0 Å². The van der Waals surface area contributed by atoms with E-state index in [-0.39, 0.29) is 24.8 Å². The van der Waals surface area contributed by atoms with Gasteiger partial charge in [-0.1, -0.05) is 30.3 Å². The van der Waals surface area contributed by atoms with Crippen molar-refractivity contribution in [2.24, 2.45) is 0 Å². The molecule has 1 aliphatic rings. The third-order valence-corrected chi connectivity index (χ3v) is 4.95. The van der Waals surface area contributed by atoms with Gasteiger partial charge < -0.3 is 14.7 Å². The zero-order valence-corrected chi connectivity index (χ0v) is 15.7. The molecule has 1 saturated heterocycles. The Labute approximate surface area is 158 Å². The van der Waals surface area contributed by atoms with Gasteiger partial charge in [-0.3, -0.25) is 14.3 Å². The summed E-state index contributed by atoms with van der Waals surface area (Å²) in [5.74, 6) is -1.11. The van der Waals surface area contributed by atoms with E-state index in [0.29, 0.717) is 26.3 Å². The van der Waals surface area contributed by atoms with Crippen LogP contribution in [0.5, 0.6) is 0 Å². The van der Waals surface area contributed by atoms with E-state index in [1.54, 1.807) is 4.90 Å². The number of morpholine rings is 1. The van der Waals surface area contributed by atoms with E-state index in [1.807, 2.05) is 36.7 Å². The van der Waals surface area contributed by atoms with Crippen LogP contribution in [0.3, 0.4) is 0 Å². The van der Waals surface area contributed by atoms with Crippen molar-refractivity contribution < 1.29 is 19.4 Å². The Hall–Kier alpha value is -2.67. The van der Waals surface area contributed by atoms with Gasteiger partial charge in [0.2, 0.25) is 5.91 Å². The molecule has 1 N–H and O–H groups in total. The Kier molecular flexibility index (Phi) is 5.91. The number of carbonyl (C=O) groups is 2. The number of aliphatic carboxylic acids is 1. The third-order valence-electron chi connectivity index (χ3n) is 4.95. The number of aromatic nitrogens is 2. The van der Waals surface area contributed by atoms with Gasteiger partial charge in [0.1, 0.15) is 0 Å². The molecule has 1 aromatic carbocycles. The summed E-state index contributed by atoms with van der Waals surface area (Å²) in [7, 11) is 0. The lowest BCUT2D eigenvalue weighted by atomic mass is 10.0. The number of carboxylic acid groups (broad SMARTS) is 1. The molecule has 1 fully saturated rings. The minimum absolute atomic E-state index is 0.00206. The highest BCUT2D eigenvalue weighted by molar-refractivity contribution is 5.81. The highest BCUT2D eigenvalue weighted by atomic mass is 16.5. The summed E-state index contributed by atoms with van der Waals surface area (Å²) in [6.07, 6.45) is -0.157. The summed E-state index contributed by atoms with van der Waals surface area (Å²) in [6, 6.07) is 9.86. The molecule has 0 aliphatic carbocycles.